The highest BCUT2D eigenvalue weighted by Crippen LogP contribution is 2.51. The van der Waals surface area contributed by atoms with Crippen LogP contribution in [-0.2, 0) is 4.52 Å². The van der Waals surface area contributed by atoms with Crippen LogP contribution in [0.3, 0.4) is 0 Å². The summed E-state index contributed by atoms with van der Waals surface area (Å²) >= 11 is 0. The van der Waals surface area contributed by atoms with Crippen LogP contribution in [0.4, 0.5) is 0 Å². The van der Waals surface area contributed by atoms with Gasteiger partial charge >= 0.3 is 8.38 Å². The third-order valence-corrected chi connectivity index (χ3v) is 9.57. The van der Waals surface area contributed by atoms with Gasteiger partial charge in [-0.15, -0.1) is 0 Å². The molecule has 0 amide bonds. The Bertz CT molecular complexity index is 1500. The van der Waals surface area contributed by atoms with Crippen molar-refractivity contribution >= 4 is 27.4 Å². The van der Waals surface area contributed by atoms with Crippen LogP contribution in [0.2, 0.25) is 0 Å². The van der Waals surface area contributed by atoms with Crippen LogP contribution >= 0.6 is 16.8 Å². The molecule has 0 N–H and O–H groups in total. The maximum atomic E-state index is 6.46. The summed E-state index contributed by atoms with van der Waals surface area (Å²) in [6, 6.07) is 32.5. The van der Waals surface area contributed by atoms with Gasteiger partial charge in [-0.25, -0.2) is 0 Å². The fourth-order valence-electron chi connectivity index (χ4n) is 4.76. The molecule has 7 rings (SSSR count). The quantitative estimate of drug-likeness (QED) is 0.270. The van der Waals surface area contributed by atoms with Gasteiger partial charge in [-0.3, -0.25) is 0 Å². The van der Waals surface area contributed by atoms with E-state index in [1.807, 2.05) is 60.7 Å². The van der Waals surface area contributed by atoms with Crippen LogP contribution in [0.5, 0.6) is 17.2 Å². The predicted octanol–water partition coefficient (Wildman–Crippen LogP) is 7.39. The number of fused-ring (bicyclic) bond motifs is 6. The first-order valence-corrected chi connectivity index (χ1v) is 14.2. The summed E-state index contributed by atoms with van der Waals surface area (Å²) in [6.45, 7) is 0. The van der Waals surface area contributed by atoms with E-state index in [1.165, 1.54) is 5.56 Å². The van der Waals surface area contributed by atoms with Crippen molar-refractivity contribution in [2.24, 2.45) is 0 Å². The van der Waals surface area contributed by atoms with E-state index in [2.05, 4.69) is 60.7 Å². The van der Waals surface area contributed by atoms with Gasteiger partial charge in [0, 0.05) is 22.9 Å². The molecule has 0 fully saturated rings. The maximum absolute atomic E-state index is 6.46. The average molecular weight is 508 g/mol. The summed E-state index contributed by atoms with van der Waals surface area (Å²) in [6.07, 6.45) is 8.41. The minimum Gasteiger partial charge on any atom is -0.444 e. The van der Waals surface area contributed by atoms with Crippen molar-refractivity contribution in [1.29, 1.82) is 0 Å². The first kappa shape index (κ1) is 21.8. The summed E-state index contributed by atoms with van der Waals surface area (Å²) in [5.41, 5.74) is 3.51. The normalized spacial score (nSPS) is 22.9. The van der Waals surface area contributed by atoms with Gasteiger partial charge in [0.25, 0.3) is 8.38 Å². The number of benzene rings is 4. The second-order valence-electron chi connectivity index (χ2n) is 8.70. The minimum atomic E-state index is -1.33. The van der Waals surface area contributed by atoms with Crippen LogP contribution in [0.15, 0.2) is 121 Å². The first-order valence-electron chi connectivity index (χ1n) is 11.9. The topological polar surface area (TPSA) is 36.9 Å². The van der Waals surface area contributed by atoms with E-state index in [4.69, 9.17) is 18.1 Å². The van der Waals surface area contributed by atoms with Gasteiger partial charge in [-0.1, -0.05) is 85.0 Å². The molecule has 0 spiro atoms. The minimum absolute atomic E-state index is 0.0221. The van der Waals surface area contributed by atoms with E-state index in [0.717, 1.165) is 27.5 Å². The van der Waals surface area contributed by atoms with E-state index >= 15 is 0 Å². The van der Waals surface area contributed by atoms with Crippen LogP contribution in [0, 0.1) is 0 Å². The highest BCUT2D eigenvalue weighted by atomic mass is 31.2. The lowest BCUT2D eigenvalue weighted by Gasteiger charge is -2.35. The van der Waals surface area contributed by atoms with Crippen LogP contribution < -0.4 is 24.2 Å². The van der Waals surface area contributed by atoms with Gasteiger partial charge in [0.2, 0.25) is 0 Å². The fraction of sp³-hybridized carbons (Fsp3) is 0.0667. The predicted molar refractivity (Wildman–Crippen MR) is 146 cm³/mol. The summed E-state index contributed by atoms with van der Waals surface area (Å²) in [7, 11) is -2.62. The average Bonchev–Trinajstić information content (AvgIpc) is 2.94. The number of allylic oxidation sites excluding steroid dienone is 2. The van der Waals surface area contributed by atoms with Gasteiger partial charge in [0.1, 0.15) is 17.2 Å². The van der Waals surface area contributed by atoms with Crippen LogP contribution in [-0.4, -0.2) is 6.10 Å². The van der Waals surface area contributed by atoms with E-state index in [9.17, 15) is 0 Å². The highest BCUT2D eigenvalue weighted by Gasteiger charge is 2.36. The van der Waals surface area contributed by atoms with Crippen molar-refractivity contribution in [1.82, 2.24) is 0 Å². The molecule has 0 saturated carbocycles. The van der Waals surface area contributed by atoms with Gasteiger partial charge < -0.3 is 18.1 Å². The van der Waals surface area contributed by atoms with Crippen LogP contribution in [0.1, 0.15) is 11.5 Å². The lowest BCUT2D eigenvalue weighted by Crippen LogP contribution is -2.31. The van der Waals surface area contributed by atoms with Crippen molar-refractivity contribution in [3.05, 3.63) is 127 Å². The number of hydrogen-bond donors (Lipinski definition) is 0. The second kappa shape index (κ2) is 9.22. The van der Waals surface area contributed by atoms with Crippen LogP contribution in [0.25, 0.3) is 11.1 Å². The Morgan fingerprint density at radius 2 is 1.31 bits per heavy atom. The second-order valence-corrected chi connectivity index (χ2v) is 11.5. The highest BCUT2D eigenvalue weighted by molar-refractivity contribution is 7.57. The molecule has 4 nitrogen and oxygen atoms in total. The zero-order valence-corrected chi connectivity index (χ0v) is 21.0. The van der Waals surface area contributed by atoms with E-state index in [-0.39, 0.29) is 12.0 Å². The largest absolute Gasteiger partial charge is 0.444 e. The van der Waals surface area contributed by atoms with Gasteiger partial charge in [0.15, 0.2) is 0 Å². The molecule has 176 valence electrons. The summed E-state index contributed by atoms with van der Waals surface area (Å²) in [5, 5.41) is 2.18. The molecule has 0 saturated heterocycles. The third-order valence-electron chi connectivity index (χ3n) is 6.44. The van der Waals surface area contributed by atoms with Crippen molar-refractivity contribution in [3.63, 3.8) is 0 Å². The van der Waals surface area contributed by atoms with Crippen molar-refractivity contribution in [3.8, 4) is 28.4 Å². The fourth-order valence-corrected chi connectivity index (χ4v) is 7.86. The summed E-state index contributed by atoms with van der Waals surface area (Å²) in [5.74, 6) is 2.47. The van der Waals surface area contributed by atoms with E-state index in [0.29, 0.717) is 11.5 Å². The zero-order chi connectivity index (χ0) is 23.9. The van der Waals surface area contributed by atoms with Gasteiger partial charge in [-0.2, -0.15) is 0 Å². The van der Waals surface area contributed by atoms with Crippen molar-refractivity contribution in [2.45, 2.75) is 12.0 Å². The molecule has 1 aliphatic carbocycles. The zero-order valence-electron chi connectivity index (χ0n) is 19.2. The van der Waals surface area contributed by atoms with Crippen molar-refractivity contribution in [2.75, 3.05) is 0 Å². The molecule has 4 aromatic rings. The maximum Gasteiger partial charge on any atom is 0.326 e. The Kier molecular flexibility index (Phi) is 5.59. The molecule has 4 atom stereocenters. The lowest BCUT2D eigenvalue weighted by atomic mass is 9.90. The van der Waals surface area contributed by atoms with Gasteiger partial charge in [-0.05, 0) is 41.5 Å². The van der Waals surface area contributed by atoms with Gasteiger partial charge in [0.05, 0.1) is 11.4 Å². The molecule has 4 unspecified atom stereocenters. The molecule has 36 heavy (non-hydrogen) atoms. The smallest absolute Gasteiger partial charge is 0.326 e. The number of rotatable bonds is 4. The standard InChI is InChI=1S/C30H22O4P2/c1-5-16-27-23(12-1)25-14-3-7-18-29(25)35(33-27)31-21-10-9-11-22(20-21)32-36-30-19-8-4-15-26(30)24-13-2-6-17-28(24)34-36/h1-20,23,27H. The molecule has 6 heteroatoms. The van der Waals surface area contributed by atoms with E-state index in [1.54, 1.807) is 0 Å². The molecular formula is C30H22O4P2. The van der Waals surface area contributed by atoms with Crippen molar-refractivity contribution < 1.29 is 18.1 Å². The molecule has 2 aliphatic heterocycles. The van der Waals surface area contributed by atoms with E-state index < -0.39 is 16.8 Å². The summed E-state index contributed by atoms with van der Waals surface area (Å²) < 4.78 is 25.7. The Hall–Kier alpha value is -3.42. The number of para-hydroxylation sites is 1. The first-order chi connectivity index (χ1) is 17.8. The summed E-state index contributed by atoms with van der Waals surface area (Å²) in [4.78, 5) is 0. The molecule has 0 bridgehead atoms. The molecule has 3 aliphatic rings. The Morgan fingerprint density at radius 1 is 0.611 bits per heavy atom. The molecule has 0 aromatic heterocycles. The molecule has 2 heterocycles. The Labute approximate surface area is 212 Å². The Balaban J connectivity index is 1.16. The Morgan fingerprint density at radius 3 is 2.19 bits per heavy atom. The SMILES string of the molecule is C1=CC2OP(Oc3cccc(OP4Oc5ccccc5-c5ccccc54)c3)c3ccccc3C2C=C1. The lowest BCUT2D eigenvalue weighted by molar-refractivity contribution is 0.232. The molecular weight excluding hydrogens is 486 g/mol. The molecule has 4 aromatic carbocycles. The monoisotopic (exact) mass is 508 g/mol. The number of hydrogen-bond acceptors (Lipinski definition) is 4. The third kappa shape index (κ3) is 3.92. The molecule has 0 radical (unpaired) electrons.